The molecule has 21 heavy (non-hydrogen) atoms. The Morgan fingerprint density at radius 3 is 2.81 bits per heavy atom. The quantitative estimate of drug-likeness (QED) is 0.737. The summed E-state index contributed by atoms with van der Waals surface area (Å²) in [6.07, 6.45) is 7.09. The van der Waals surface area contributed by atoms with Gasteiger partial charge in [0.05, 0.1) is 0 Å². The average molecular weight is 293 g/mol. The SMILES string of the molecule is CCCNCc1cccc(F)c1OC1CCCCC1CC. The number of benzene rings is 1. The van der Waals surface area contributed by atoms with Gasteiger partial charge in [-0.3, -0.25) is 0 Å². The van der Waals surface area contributed by atoms with Gasteiger partial charge in [-0.1, -0.05) is 32.4 Å². The fourth-order valence-electron chi connectivity index (χ4n) is 3.17. The number of para-hydroxylation sites is 1. The highest BCUT2D eigenvalue weighted by Gasteiger charge is 2.26. The van der Waals surface area contributed by atoms with Crippen molar-refractivity contribution in [3.05, 3.63) is 29.6 Å². The molecule has 0 aliphatic heterocycles. The van der Waals surface area contributed by atoms with Crippen molar-refractivity contribution in [3.8, 4) is 5.75 Å². The molecule has 1 aromatic rings. The predicted molar refractivity (Wildman–Crippen MR) is 85.1 cm³/mol. The van der Waals surface area contributed by atoms with Crippen LogP contribution in [0.1, 0.15) is 57.9 Å². The van der Waals surface area contributed by atoms with Gasteiger partial charge >= 0.3 is 0 Å². The molecule has 0 amide bonds. The van der Waals surface area contributed by atoms with E-state index in [0.717, 1.165) is 31.4 Å². The monoisotopic (exact) mass is 293 g/mol. The van der Waals surface area contributed by atoms with E-state index in [1.807, 2.05) is 6.07 Å². The fraction of sp³-hybridized carbons (Fsp3) is 0.667. The lowest BCUT2D eigenvalue weighted by atomic mass is 9.84. The van der Waals surface area contributed by atoms with Crippen LogP contribution in [-0.4, -0.2) is 12.6 Å². The maximum atomic E-state index is 14.2. The first-order valence-corrected chi connectivity index (χ1v) is 8.41. The molecular formula is C18H28FNO. The molecule has 118 valence electrons. The first kappa shape index (κ1) is 16.3. The lowest BCUT2D eigenvalue weighted by Crippen LogP contribution is -2.30. The van der Waals surface area contributed by atoms with Crippen molar-refractivity contribution in [1.82, 2.24) is 5.32 Å². The van der Waals surface area contributed by atoms with Crippen molar-refractivity contribution >= 4 is 0 Å². The highest BCUT2D eigenvalue weighted by atomic mass is 19.1. The molecule has 2 rings (SSSR count). The van der Waals surface area contributed by atoms with Gasteiger partial charge in [0.15, 0.2) is 11.6 Å². The number of halogens is 1. The maximum absolute atomic E-state index is 14.2. The van der Waals surface area contributed by atoms with Crippen molar-refractivity contribution in [2.24, 2.45) is 5.92 Å². The van der Waals surface area contributed by atoms with Gasteiger partial charge in [0.1, 0.15) is 6.10 Å². The third kappa shape index (κ3) is 4.44. The Hall–Kier alpha value is -1.09. The zero-order valence-electron chi connectivity index (χ0n) is 13.3. The molecule has 1 fully saturated rings. The molecule has 1 N–H and O–H groups in total. The Kier molecular flexibility index (Phi) is 6.50. The van der Waals surface area contributed by atoms with Gasteiger partial charge in [0.2, 0.25) is 0 Å². The zero-order chi connectivity index (χ0) is 15.1. The van der Waals surface area contributed by atoms with Crippen molar-refractivity contribution in [2.45, 2.75) is 65.0 Å². The molecule has 0 heterocycles. The summed E-state index contributed by atoms with van der Waals surface area (Å²) in [5.41, 5.74) is 0.934. The highest BCUT2D eigenvalue weighted by molar-refractivity contribution is 5.35. The number of ether oxygens (including phenoxy) is 1. The van der Waals surface area contributed by atoms with Gasteiger partial charge in [-0.15, -0.1) is 0 Å². The van der Waals surface area contributed by atoms with Crippen LogP contribution in [0.25, 0.3) is 0 Å². The van der Waals surface area contributed by atoms with Crippen LogP contribution in [0.5, 0.6) is 5.75 Å². The van der Waals surface area contributed by atoms with E-state index >= 15 is 0 Å². The zero-order valence-corrected chi connectivity index (χ0v) is 13.3. The molecule has 1 saturated carbocycles. The van der Waals surface area contributed by atoms with Crippen LogP contribution in [-0.2, 0) is 6.54 Å². The molecule has 0 radical (unpaired) electrons. The Labute approximate surface area is 128 Å². The summed E-state index contributed by atoms with van der Waals surface area (Å²) in [4.78, 5) is 0. The Morgan fingerprint density at radius 1 is 1.24 bits per heavy atom. The van der Waals surface area contributed by atoms with Crippen LogP contribution in [0.3, 0.4) is 0 Å². The summed E-state index contributed by atoms with van der Waals surface area (Å²) < 4.78 is 20.3. The predicted octanol–water partition coefficient (Wildman–Crippen LogP) is 4.67. The molecule has 2 unspecified atom stereocenters. The lowest BCUT2D eigenvalue weighted by Gasteiger charge is -2.32. The van der Waals surface area contributed by atoms with Crippen molar-refractivity contribution in [1.29, 1.82) is 0 Å². The molecular weight excluding hydrogens is 265 g/mol. The second kappa shape index (κ2) is 8.38. The topological polar surface area (TPSA) is 21.3 Å². The normalized spacial score (nSPS) is 22.2. The Balaban J connectivity index is 2.09. The number of rotatable bonds is 7. The van der Waals surface area contributed by atoms with E-state index in [9.17, 15) is 4.39 Å². The molecule has 0 spiro atoms. The highest BCUT2D eigenvalue weighted by Crippen LogP contribution is 2.33. The largest absolute Gasteiger partial charge is 0.487 e. The molecule has 0 aromatic heterocycles. The number of hydrogen-bond donors (Lipinski definition) is 1. The smallest absolute Gasteiger partial charge is 0.165 e. The minimum Gasteiger partial charge on any atom is -0.487 e. The van der Waals surface area contributed by atoms with Crippen LogP contribution in [0.15, 0.2) is 18.2 Å². The summed E-state index contributed by atoms with van der Waals surface area (Å²) >= 11 is 0. The minimum absolute atomic E-state index is 0.172. The Morgan fingerprint density at radius 2 is 2.05 bits per heavy atom. The maximum Gasteiger partial charge on any atom is 0.165 e. The van der Waals surface area contributed by atoms with Crippen LogP contribution in [0.2, 0.25) is 0 Å². The van der Waals surface area contributed by atoms with Gasteiger partial charge in [0, 0.05) is 12.1 Å². The molecule has 1 aliphatic carbocycles. The molecule has 0 bridgehead atoms. The van der Waals surface area contributed by atoms with Gasteiger partial charge < -0.3 is 10.1 Å². The summed E-state index contributed by atoms with van der Waals surface area (Å²) in [5.74, 6) is 0.799. The van der Waals surface area contributed by atoms with E-state index in [-0.39, 0.29) is 11.9 Å². The van der Waals surface area contributed by atoms with Crippen LogP contribution in [0.4, 0.5) is 4.39 Å². The van der Waals surface area contributed by atoms with Gasteiger partial charge in [-0.05, 0) is 50.6 Å². The fourth-order valence-corrected chi connectivity index (χ4v) is 3.17. The van der Waals surface area contributed by atoms with E-state index < -0.39 is 0 Å². The van der Waals surface area contributed by atoms with Gasteiger partial charge in [0.25, 0.3) is 0 Å². The minimum atomic E-state index is -0.230. The molecule has 3 heteroatoms. The van der Waals surface area contributed by atoms with Crippen molar-refractivity contribution < 1.29 is 9.13 Å². The summed E-state index contributed by atoms with van der Waals surface area (Å²) in [5, 5.41) is 3.33. The first-order chi connectivity index (χ1) is 10.3. The van der Waals surface area contributed by atoms with Crippen molar-refractivity contribution in [2.75, 3.05) is 6.54 Å². The third-order valence-corrected chi connectivity index (χ3v) is 4.42. The van der Waals surface area contributed by atoms with Crippen molar-refractivity contribution in [3.63, 3.8) is 0 Å². The number of nitrogens with one attached hydrogen (secondary N) is 1. The lowest BCUT2D eigenvalue weighted by molar-refractivity contribution is 0.0851. The molecule has 1 aromatic carbocycles. The van der Waals surface area contributed by atoms with E-state index in [0.29, 0.717) is 18.2 Å². The average Bonchev–Trinajstić information content (AvgIpc) is 2.51. The molecule has 2 nitrogen and oxygen atoms in total. The summed E-state index contributed by atoms with van der Waals surface area (Å²) in [6.45, 7) is 5.95. The second-order valence-electron chi connectivity index (χ2n) is 6.01. The van der Waals surface area contributed by atoms with Crippen LogP contribution < -0.4 is 10.1 Å². The first-order valence-electron chi connectivity index (χ1n) is 8.41. The second-order valence-corrected chi connectivity index (χ2v) is 6.01. The summed E-state index contributed by atoms with van der Waals surface area (Å²) in [7, 11) is 0. The van der Waals surface area contributed by atoms with E-state index in [1.165, 1.54) is 25.3 Å². The van der Waals surface area contributed by atoms with Gasteiger partial charge in [-0.25, -0.2) is 4.39 Å². The van der Waals surface area contributed by atoms with E-state index in [2.05, 4.69) is 19.2 Å². The Bertz CT molecular complexity index is 435. The molecule has 1 aliphatic rings. The van der Waals surface area contributed by atoms with Gasteiger partial charge in [-0.2, -0.15) is 0 Å². The van der Waals surface area contributed by atoms with E-state index in [1.54, 1.807) is 6.07 Å². The molecule has 2 atom stereocenters. The van der Waals surface area contributed by atoms with Crippen LogP contribution in [0, 0.1) is 11.7 Å². The standard InChI is InChI=1S/C18H28FNO/c1-3-12-20-13-15-9-7-10-16(19)18(15)21-17-11-6-5-8-14(17)4-2/h7,9-10,14,17,20H,3-6,8,11-13H2,1-2H3. The third-order valence-electron chi connectivity index (χ3n) is 4.42. The van der Waals surface area contributed by atoms with Crippen LogP contribution >= 0.6 is 0 Å². The molecule has 0 saturated heterocycles. The number of hydrogen-bond acceptors (Lipinski definition) is 2. The summed E-state index contributed by atoms with van der Waals surface area (Å²) in [6, 6.07) is 5.23. The van der Waals surface area contributed by atoms with E-state index in [4.69, 9.17) is 4.74 Å².